The molecule has 1 rings (SSSR count). The maximum atomic E-state index is 12.9. The summed E-state index contributed by atoms with van der Waals surface area (Å²) in [7, 11) is 0. The quantitative estimate of drug-likeness (QED) is 0.470. The third kappa shape index (κ3) is 6.75. The van der Waals surface area contributed by atoms with Gasteiger partial charge in [0.15, 0.2) is 5.96 Å². The van der Waals surface area contributed by atoms with E-state index in [1.54, 1.807) is 12.1 Å². The Kier molecular flexibility index (Phi) is 8.71. The Hall–Kier alpha value is -0.850. The number of halogens is 2. The summed E-state index contributed by atoms with van der Waals surface area (Å²) in [5.74, 6) is 0.279. The molecular formula is C14H23FIN3. The van der Waals surface area contributed by atoms with Gasteiger partial charge in [-0.15, -0.1) is 24.0 Å². The van der Waals surface area contributed by atoms with Gasteiger partial charge in [0.1, 0.15) is 5.82 Å². The van der Waals surface area contributed by atoms with Crippen molar-refractivity contribution in [1.82, 2.24) is 5.32 Å². The SMILES string of the molecule is CCC(C)NC(N)=NCCc1ccc(F)cc1C.I. The molecule has 108 valence electrons. The largest absolute Gasteiger partial charge is 0.370 e. The first-order valence-electron chi connectivity index (χ1n) is 6.34. The molecule has 0 heterocycles. The van der Waals surface area contributed by atoms with E-state index in [1.165, 1.54) is 6.07 Å². The number of hydrogen-bond donors (Lipinski definition) is 2. The molecule has 3 N–H and O–H groups in total. The fraction of sp³-hybridized carbons (Fsp3) is 0.500. The van der Waals surface area contributed by atoms with Crippen LogP contribution in [0.2, 0.25) is 0 Å². The summed E-state index contributed by atoms with van der Waals surface area (Å²) in [6.45, 7) is 6.67. The van der Waals surface area contributed by atoms with Gasteiger partial charge in [0, 0.05) is 12.6 Å². The molecule has 1 aromatic rings. The number of nitrogens with one attached hydrogen (secondary N) is 1. The Morgan fingerprint density at radius 2 is 2.16 bits per heavy atom. The molecule has 5 heteroatoms. The number of hydrogen-bond acceptors (Lipinski definition) is 1. The second-order valence-corrected chi connectivity index (χ2v) is 4.54. The van der Waals surface area contributed by atoms with Gasteiger partial charge in [-0.25, -0.2) is 4.39 Å². The molecule has 0 fully saturated rings. The van der Waals surface area contributed by atoms with Gasteiger partial charge in [0.05, 0.1) is 0 Å². The van der Waals surface area contributed by atoms with Crippen molar-refractivity contribution in [3.05, 3.63) is 35.1 Å². The number of benzene rings is 1. The average molecular weight is 379 g/mol. The van der Waals surface area contributed by atoms with Crippen LogP contribution in [0.5, 0.6) is 0 Å². The standard InChI is InChI=1S/C14H22FN3.HI/c1-4-11(3)18-14(16)17-8-7-12-5-6-13(15)9-10(12)2;/h5-6,9,11H,4,7-8H2,1-3H3,(H3,16,17,18);1H. The Morgan fingerprint density at radius 3 is 2.74 bits per heavy atom. The third-order valence-corrected chi connectivity index (χ3v) is 2.97. The third-order valence-electron chi connectivity index (χ3n) is 2.97. The van der Waals surface area contributed by atoms with Crippen molar-refractivity contribution in [3.8, 4) is 0 Å². The lowest BCUT2D eigenvalue weighted by Gasteiger charge is -2.11. The predicted molar refractivity (Wildman–Crippen MR) is 89.6 cm³/mol. The Labute approximate surface area is 131 Å². The molecule has 0 saturated carbocycles. The molecule has 0 radical (unpaired) electrons. The Morgan fingerprint density at radius 1 is 1.47 bits per heavy atom. The highest BCUT2D eigenvalue weighted by molar-refractivity contribution is 14.0. The summed E-state index contributed by atoms with van der Waals surface area (Å²) >= 11 is 0. The summed E-state index contributed by atoms with van der Waals surface area (Å²) < 4.78 is 12.9. The van der Waals surface area contributed by atoms with Crippen LogP contribution in [-0.2, 0) is 6.42 Å². The van der Waals surface area contributed by atoms with E-state index in [0.29, 0.717) is 18.5 Å². The predicted octanol–water partition coefficient (Wildman–Crippen LogP) is 3.00. The van der Waals surface area contributed by atoms with Crippen LogP contribution >= 0.6 is 24.0 Å². The van der Waals surface area contributed by atoms with Gasteiger partial charge in [0.2, 0.25) is 0 Å². The first-order valence-corrected chi connectivity index (χ1v) is 6.34. The molecule has 0 aliphatic carbocycles. The molecule has 1 unspecified atom stereocenters. The van der Waals surface area contributed by atoms with Gasteiger partial charge < -0.3 is 11.1 Å². The number of aliphatic imine (C=N–C) groups is 1. The van der Waals surface area contributed by atoms with Crippen molar-refractivity contribution >= 4 is 29.9 Å². The maximum Gasteiger partial charge on any atom is 0.188 e. The zero-order valence-corrected chi connectivity index (χ0v) is 14.1. The normalized spacial score (nSPS) is 12.7. The van der Waals surface area contributed by atoms with Crippen LogP contribution in [-0.4, -0.2) is 18.5 Å². The lowest BCUT2D eigenvalue weighted by Crippen LogP contribution is -2.38. The fourth-order valence-electron chi connectivity index (χ4n) is 1.64. The highest BCUT2D eigenvalue weighted by atomic mass is 127. The number of aryl methyl sites for hydroxylation is 1. The summed E-state index contributed by atoms with van der Waals surface area (Å²) in [6.07, 6.45) is 1.78. The Bertz CT molecular complexity index is 421. The van der Waals surface area contributed by atoms with Gasteiger partial charge >= 0.3 is 0 Å². The molecule has 0 spiro atoms. The van der Waals surface area contributed by atoms with Crippen LogP contribution in [0.15, 0.2) is 23.2 Å². The monoisotopic (exact) mass is 379 g/mol. The minimum Gasteiger partial charge on any atom is -0.370 e. The molecular weight excluding hydrogens is 356 g/mol. The molecule has 1 aromatic carbocycles. The van der Waals surface area contributed by atoms with E-state index in [0.717, 1.165) is 24.0 Å². The lowest BCUT2D eigenvalue weighted by atomic mass is 10.1. The number of nitrogens with zero attached hydrogens (tertiary/aromatic N) is 1. The summed E-state index contributed by atoms with van der Waals surface area (Å²) in [4.78, 5) is 4.26. The van der Waals surface area contributed by atoms with E-state index in [4.69, 9.17) is 5.73 Å². The van der Waals surface area contributed by atoms with Crippen LogP contribution in [0, 0.1) is 12.7 Å². The average Bonchev–Trinajstić information content (AvgIpc) is 2.31. The first-order chi connectivity index (χ1) is 8.52. The summed E-state index contributed by atoms with van der Waals surface area (Å²) in [5, 5.41) is 3.11. The molecule has 0 amide bonds. The highest BCUT2D eigenvalue weighted by Crippen LogP contribution is 2.10. The van der Waals surface area contributed by atoms with E-state index in [2.05, 4.69) is 24.2 Å². The van der Waals surface area contributed by atoms with E-state index in [9.17, 15) is 4.39 Å². The number of guanidine groups is 1. The molecule has 0 aliphatic heterocycles. The molecule has 1 atom stereocenters. The second-order valence-electron chi connectivity index (χ2n) is 4.54. The van der Waals surface area contributed by atoms with Crippen LogP contribution in [0.1, 0.15) is 31.4 Å². The maximum absolute atomic E-state index is 12.9. The molecule has 0 aromatic heterocycles. The smallest absolute Gasteiger partial charge is 0.188 e. The zero-order valence-electron chi connectivity index (χ0n) is 11.7. The number of nitrogens with two attached hydrogens (primary N) is 1. The van der Waals surface area contributed by atoms with E-state index in [1.807, 2.05) is 6.92 Å². The van der Waals surface area contributed by atoms with Gasteiger partial charge in [-0.1, -0.05) is 13.0 Å². The molecule has 0 saturated heterocycles. The van der Waals surface area contributed by atoms with Gasteiger partial charge in [0.25, 0.3) is 0 Å². The van der Waals surface area contributed by atoms with Gasteiger partial charge in [-0.05, 0) is 49.9 Å². The second kappa shape index (κ2) is 9.12. The highest BCUT2D eigenvalue weighted by Gasteiger charge is 2.01. The molecule has 19 heavy (non-hydrogen) atoms. The van der Waals surface area contributed by atoms with Crippen molar-refractivity contribution in [1.29, 1.82) is 0 Å². The van der Waals surface area contributed by atoms with E-state index >= 15 is 0 Å². The lowest BCUT2D eigenvalue weighted by molar-refractivity contribution is 0.625. The van der Waals surface area contributed by atoms with Crippen molar-refractivity contribution in [3.63, 3.8) is 0 Å². The van der Waals surface area contributed by atoms with Crippen molar-refractivity contribution in [2.45, 2.75) is 39.7 Å². The van der Waals surface area contributed by atoms with Crippen molar-refractivity contribution < 1.29 is 4.39 Å². The van der Waals surface area contributed by atoms with E-state index < -0.39 is 0 Å². The fourth-order valence-corrected chi connectivity index (χ4v) is 1.64. The van der Waals surface area contributed by atoms with Crippen molar-refractivity contribution in [2.75, 3.05) is 6.54 Å². The molecule has 0 aliphatic rings. The Balaban J connectivity index is 0.00000324. The van der Waals surface area contributed by atoms with Crippen LogP contribution in [0.3, 0.4) is 0 Å². The van der Waals surface area contributed by atoms with Gasteiger partial charge in [-0.3, -0.25) is 4.99 Å². The van der Waals surface area contributed by atoms with Crippen LogP contribution in [0.4, 0.5) is 4.39 Å². The molecule has 0 bridgehead atoms. The zero-order chi connectivity index (χ0) is 13.5. The topological polar surface area (TPSA) is 50.4 Å². The summed E-state index contributed by atoms with van der Waals surface area (Å²) in [6, 6.07) is 5.16. The van der Waals surface area contributed by atoms with E-state index in [-0.39, 0.29) is 29.8 Å². The molecule has 3 nitrogen and oxygen atoms in total. The first kappa shape index (κ1) is 18.1. The van der Waals surface area contributed by atoms with Crippen molar-refractivity contribution in [2.24, 2.45) is 10.7 Å². The summed E-state index contributed by atoms with van der Waals surface area (Å²) in [5.41, 5.74) is 7.82. The van der Waals surface area contributed by atoms with Crippen LogP contribution < -0.4 is 11.1 Å². The van der Waals surface area contributed by atoms with Gasteiger partial charge in [-0.2, -0.15) is 0 Å². The van der Waals surface area contributed by atoms with Crippen LogP contribution in [0.25, 0.3) is 0 Å². The minimum absolute atomic E-state index is 0. The minimum atomic E-state index is -0.197. The number of rotatable bonds is 5.